The van der Waals surface area contributed by atoms with Crippen molar-refractivity contribution >= 4 is 32.6 Å². The molecule has 1 aliphatic heterocycles. The number of ether oxygens (including phenoxy) is 1. The number of benzene rings is 3. The summed E-state index contributed by atoms with van der Waals surface area (Å²) in [7, 11) is 0. The number of carbonyl (C=O) groups is 1. The molecular weight excluding hydrogens is 461 g/mol. The molecular formula is C28H28FN3O2S. The highest BCUT2D eigenvalue weighted by Gasteiger charge is 2.26. The molecule has 1 aromatic heterocycles. The van der Waals surface area contributed by atoms with Gasteiger partial charge in [-0.05, 0) is 29.3 Å². The second-order valence-electron chi connectivity index (χ2n) is 8.69. The highest BCUT2D eigenvalue weighted by atomic mass is 32.1. The molecule has 1 aliphatic rings. The maximum atomic E-state index is 13.9. The summed E-state index contributed by atoms with van der Waals surface area (Å²) in [5, 5.41) is 0.615. The lowest BCUT2D eigenvalue weighted by Gasteiger charge is -2.30. The van der Waals surface area contributed by atoms with E-state index in [-0.39, 0.29) is 17.6 Å². The van der Waals surface area contributed by atoms with Gasteiger partial charge < -0.3 is 4.74 Å². The Hall–Kier alpha value is -3.13. The highest BCUT2D eigenvalue weighted by molar-refractivity contribution is 7.22. The van der Waals surface area contributed by atoms with Crippen LogP contribution in [0.3, 0.4) is 0 Å². The number of hydrogen-bond donors (Lipinski definition) is 0. The molecule has 2 heterocycles. The largest absolute Gasteiger partial charge is 0.379 e. The van der Waals surface area contributed by atoms with Crippen LogP contribution in [0, 0.1) is 5.82 Å². The minimum Gasteiger partial charge on any atom is -0.379 e. The average Bonchev–Trinajstić information content (AvgIpc) is 3.32. The molecule has 1 fully saturated rings. The first kappa shape index (κ1) is 23.6. The third-order valence-electron chi connectivity index (χ3n) is 6.40. The number of rotatable bonds is 8. The normalized spacial score (nSPS) is 14.5. The van der Waals surface area contributed by atoms with Gasteiger partial charge in [-0.1, -0.05) is 72.0 Å². The molecule has 0 radical (unpaired) electrons. The maximum absolute atomic E-state index is 13.9. The zero-order valence-corrected chi connectivity index (χ0v) is 20.3. The number of carbonyl (C=O) groups excluding carboxylic acids is 1. The molecule has 3 aromatic carbocycles. The van der Waals surface area contributed by atoms with Crippen molar-refractivity contribution in [1.29, 1.82) is 0 Å². The molecule has 1 saturated heterocycles. The van der Waals surface area contributed by atoms with Crippen LogP contribution in [-0.2, 0) is 9.53 Å². The SMILES string of the molecule is O=C(CC(c1ccccc1)c1ccccc1)N(CCN1CCOCC1)c1nc2ccc(F)cc2s1. The van der Waals surface area contributed by atoms with Gasteiger partial charge in [0.05, 0.1) is 23.4 Å². The number of fused-ring (bicyclic) bond motifs is 1. The molecule has 0 saturated carbocycles. The Morgan fingerprint density at radius 3 is 2.31 bits per heavy atom. The van der Waals surface area contributed by atoms with Gasteiger partial charge in [0.15, 0.2) is 5.13 Å². The van der Waals surface area contributed by atoms with E-state index < -0.39 is 0 Å². The summed E-state index contributed by atoms with van der Waals surface area (Å²) in [5.74, 6) is -0.356. The standard InChI is InChI=1S/C28H28FN3O2S/c29-23-11-12-25-26(19-23)35-28(30-25)32(14-13-31-15-17-34-18-16-31)27(33)20-24(21-7-3-1-4-8-21)22-9-5-2-6-10-22/h1-12,19,24H,13-18,20H2. The van der Waals surface area contributed by atoms with Crippen LogP contribution < -0.4 is 4.90 Å². The van der Waals surface area contributed by atoms with Crippen LogP contribution in [0.1, 0.15) is 23.5 Å². The van der Waals surface area contributed by atoms with Crippen molar-refractivity contribution in [2.45, 2.75) is 12.3 Å². The minimum atomic E-state index is -0.299. The van der Waals surface area contributed by atoms with Gasteiger partial charge in [-0.2, -0.15) is 0 Å². The van der Waals surface area contributed by atoms with Crippen LogP contribution in [0.15, 0.2) is 78.9 Å². The topological polar surface area (TPSA) is 45.7 Å². The van der Waals surface area contributed by atoms with Crippen molar-refractivity contribution in [1.82, 2.24) is 9.88 Å². The fourth-order valence-corrected chi connectivity index (χ4v) is 5.51. The van der Waals surface area contributed by atoms with E-state index in [0.29, 0.717) is 36.8 Å². The van der Waals surface area contributed by atoms with Crippen molar-refractivity contribution in [3.05, 3.63) is 95.8 Å². The minimum absolute atomic E-state index is 0.00972. The zero-order valence-electron chi connectivity index (χ0n) is 19.5. The molecule has 35 heavy (non-hydrogen) atoms. The third kappa shape index (κ3) is 5.75. The molecule has 4 aromatic rings. The lowest BCUT2D eigenvalue weighted by atomic mass is 9.88. The lowest BCUT2D eigenvalue weighted by Crippen LogP contribution is -2.43. The van der Waals surface area contributed by atoms with E-state index in [1.165, 1.54) is 23.5 Å². The smallest absolute Gasteiger partial charge is 0.229 e. The summed E-state index contributed by atoms with van der Waals surface area (Å²) < 4.78 is 20.0. The summed E-state index contributed by atoms with van der Waals surface area (Å²) >= 11 is 1.36. The van der Waals surface area contributed by atoms with Crippen molar-refractivity contribution in [3.63, 3.8) is 0 Å². The molecule has 7 heteroatoms. The van der Waals surface area contributed by atoms with E-state index in [1.807, 2.05) is 36.4 Å². The van der Waals surface area contributed by atoms with Crippen LogP contribution in [0.2, 0.25) is 0 Å². The molecule has 180 valence electrons. The van der Waals surface area contributed by atoms with Crippen LogP contribution in [0.25, 0.3) is 10.2 Å². The van der Waals surface area contributed by atoms with Gasteiger partial charge in [0.25, 0.3) is 0 Å². The van der Waals surface area contributed by atoms with Crippen LogP contribution in [-0.4, -0.2) is 55.2 Å². The molecule has 0 bridgehead atoms. The maximum Gasteiger partial charge on any atom is 0.229 e. The molecule has 5 nitrogen and oxygen atoms in total. The average molecular weight is 490 g/mol. The first-order valence-electron chi connectivity index (χ1n) is 11.9. The first-order valence-corrected chi connectivity index (χ1v) is 12.8. The zero-order chi connectivity index (χ0) is 24.0. The monoisotopic (exact) mass is 489 g/mol. The van der Waals surface area contributed by atoms with Crippen molar-refractivity contribution in [3.8, 4) is 0 Å². The molecule has 0 unspecified atom stereocenters. The van der Waals surface area contributed by atoms with Crippen LogP contribution >= 0.6 is 11.3 Å². The molecule has 0 aliphatic carbocycles. The fraction of sp³-hybridized carbons (Fsp3) is 0.286. The number of halogens is 1. The molecule has 0 N–H and O–H groups in total. The highest BCUT2D eigenvalue weighted by Crippen LogP contribution is 2.33. The van der Waals surface area contributed by atoms with Crippen LogP contribution in [0.4, 0.5) is 9.52 Å². The number of amides is 1. The molecule has 0 spiro atoms. The van der Waals surface area contributed by atoms with E-state index in [1.54, 1.807) is 11.0 Å². The Kier molecular flexibility index (Phi) is 7.47. The van der Waals surface area contributed by atoms with Gasteiger partial charge in [0.1, 0.15) is 5.82 Å². The fourth-order valence-electron chi connectivity index (χ4n) is 4.48. The molecule has 1 amide bonds. The molecule has 5 rings (SSSR count). The number of hydrogen-bond acceptors (Lipinski definition) is 5. The van der Waals surface area contributed by atoms with E-state index in [9.17, 15) is 9.18 Å². The van der Waals surface area contributed by atoms with Crippen molar-refractivity contribution in [2.75, 3.05) is 44.3 Å². The number of aromatic nitrogens is 1. The Morgan fingerprint density at radius 1 is 1.00 bits per heavy atom. The van der Waals surface area contributed by atoms with Crippen LogP contribution in [0.5, 0.6) is 0 Å². The van der Waals surface area contributed by atoms with Gasteiger partial charge in [-0.3, -0.25) is 14.6 Å². The first-order chi connectivity index (χ1) is 17.2. The number of morpholine rings is 1. The lowest BCUT2D eigenvalue weighted by molar-refractivity contribution is -0.118. The van der Waals surface area contributed by atoms with Gasteiger partial charge in [-0.15, -0.1) is 0 Å². The van der Waals surface area contributed by atoms with Gasteiger partial charge in [0.2, 0.25) is 5.91 Å². The predicted molar refractivity (Wildman–Crippen MR) is 139 cm³/mol. The Bertz CT molecular complexity index is 1220. The summed E-state index contributed by atoms with van der Waals surface area (Å²) in [5.41, 5.74) is 2.91. The van der Waals surface area contributed by atoms with E-state index >= 15 is 0 Å². The summed E-state index contributed by atoms with van der Waals surface area (Å²) in [6, 6.07) is 24.9. The van der Waals surface area contributed by atoms with E-state index in [2.05, 4.69) is 29.2 Å². The van der Waals surface area contributed by atoms with E-state index in [0.717, 1.165) is 35.5 Å². The number of anilines is 1. The second kappa shape index (κ2) is 11.1. The van der Waals surface area contributed by atoms with Gasteiger partial charge >= 0.3 is 0 Å². The Morgan fingerprint density at radius 2 is 1.66 bits per heavy atom. The Labute approximate surface area is 208 Å². The van der Waals surface area contributed by atoms with E-state index in [4.69, 9.17) is 9.72 Å². The number of thiazole rings is 1. The predicted octanol–water partition coefficient (Wildman–Crippen LogP) is 5.32. The third-order valence-corrected chi connectivity index (χ3v) is 7.44. The number of nitrogens with zero attached hydrogens (tertiary/aromatic N) is 3. The van der Waals surface area contributed by atoms with Crippen molar-refractivity contribution < 1.29 is 13.9 Å². The quantitative estimate of drug-likeness (QED) is 0.336. The summed E-state index contributed by atoms with van der Waals surface area (Å²) in [6.45, 7) is 4.38. The van der Waals surface area contributed by atoms with Gasteiger partial charge in [-0.25, -0.2) is 9.37 Å². The summed E-state index contributed by atoms with van der Waals surface area (Å²) in [6.07, 6.45) is 0.321. The van der Waals surface area contributed by atoms with Crippen molar-refractivity contribution in [2.24, 2.45) is 0 Å². The second-order valence-corrected chi connectivity index (χ2v) is 9.70. The molecule has 0 atom stereocenters. The van der Waals surface area contributed by atoms with Gasteiger partial charge in [0, 0.05) is 38.5 Å². The Balaban J connectivity index is 1.44. The summed E-state index contributed by atoms with van der Waals surface area (Å²) in [4.78, 5) is 22.7.